The molecular formula is C14H23NO3S. The van der Waals surface area contributed by atoms with Gasteiger partial charge in [0.05, 0.1) is 5.69 Å². The Balaban J connectivity index is 3.19. The van der Waals surface area contributed by atoms with Crippen LogP contribution < -0.4 is 0 Å². The molecule has 0 aliphatic heterocycles. The SMILES string of the molecule is CCOC(C)(CC)c1nc(CC(C)C)c(C(=O)O)s1. The fourth-order valence-electron chi connectivity index (χ4n) is 1.90. The van der Waals surface area contributed by atoms with Gasteiger partial charge in [0.2, 0.25) is 0 Å². The van der Waals surface area contributed by atoms with Crippen molar-refractivity contribution in [3.05, 3.63) is 15.6 Å². The van der Waals surface area contributed by atoms with Crippen molar-refractivity contribution >= 4 is 17.3 Å². The molecule has 0 fully saturated rings. The number of nitrogens with zero attached hydrogens (tertiary/aromatic N) is 1. The molecule has 0 bridgehead atoms. The van der Waals surface area contributed by atoms with E-state index >= 15 is 0 Å². The summed E-state index contributed by atoms with van der Waals surface area (Å²) in [6.07, 6.45) is 1.46. The second kappa shape index (κ2) is 6.48. The lowest BCUT2D eigenvalue weighted by molar-refractivity contribution is -0.0325. The van der Waals surface area contributed by atoms with Crippen molar-refractivity contribution in [3.8, 4) is 0 Å². The van der Waals surface area contributed by atoms with Crippen molar-refractivity contribution in [2.75, 3.05) is 6.61 Å². The Labute approximate surface area is 118 Å². The van der Waals surface area contributed by atoms with Gasteiger partial charge in [-0.15, -0.1) is 11.3 Å². The fourth-order valence-corrected chi connectivity index (χ4v) is 3.01. The van der Waals surface area contributed by atoms with Crippen molar-refractivity contribution in [2.24, 2.45) is 5.92 Å². The van der Waals surface area contributed by atoms with Crippen LogP contribution in [0.4, 0.5) is 0 Å². The molecule has 1 rings (SSSR count). The number of carbonyl (C=O) groups is 1. The first-order chi connectivity index (χ1) is 8.84. The maximum absolute atomic E-state index is 11.3. The molecule has 0 saturated heterocycles. The van der Waals surface area contributed by atoms with Crippen LogP contribution >= 0.6 is 11.3 Å². The summed E-state index contributed by atoms with van der Waals surface area (Å²) >= 11 is 1.25. The highest BCUT2D eigenvalue weighted by atomic mass is 32.1. The molecule has 0 spiro atoms. The number of carboxylic acids is 1. The van der Waals surface area contributed by atoms with Gasteiger partial charge in [-0.2, -0.15) is 0 Å². The molecule has 0 amide bonds. The first-order valence-electron chi connectivity index (χ1n) is 6.71. The van der Waals surface area contributed by atoms with Crippen LogP contribution in [0, 0.1) is 5.92 Å². The molecule has 0 radical (unpaired) electrons. The number of hydrogen-bond donors (Lipinski definition) is 1. The number of thiazole rings is 1. The van der Waals surface area contributed by atoms with E-state index in [0.29, 0.717) is 29.5 Å². The minimum Gasteiger partial charge on any atom is -0.477 e. The number of hydrogen-bond acceptors (Lipinski definition) is 4. The lowest BCUT2D eigenvalue weighted by Gasteiger charge is -2.25. The van der Waals surface area contributed by atoms with E-state index in [1.807, 2.05) is 20.8 Å². The van der Waals surface area contributed by atoms with E-state index < -0.39 is 11.6 Å². The van der Waals surface area contributed by atoms with Gasteiger partial charge in [-0.25, -0.2) is 9.78 Å². The van der Waals surface area contributed by atoms with Crippen molar-refractivity contribution < 1.29 is 14.6 Å². The van der Waals surface area contributed by atoms with Crippen molar-refractivity contribution in [1.82, 2.24) is 4.98 Å². The van der Waals surface area contributed by atoms with Gasteiger partial charge in [-0.05, 0) is 32.6 Å². The van der Waals surface area contributed by atoms with Gasteiger partial charge in [-0.3, -0.25) is 0 Å². The monoisotopic (exact) mass is 285 g/mol. The molecule has 4 nitrogen and oxygen atoms in total. The third-order valence-corrected chi connectivity index (χ3v) is 4.41. The van der Waals surface area contributed by atoms with E-state index in [-0.39, 0.29) is 0 Å². The van der Waals surface area contributed by atoms with Crippen molar-refractivity contribution in [3.63, 3.8) is 0 Å². The van der Waals surface area contributed by atoms with Crippen LogP contribution in [0.3, 0.4) is 0 Å². The number of aromatic nitrogens is 1. The Morgan fingerprint density at radius 2 is 2.11 bits per heavy atom. The number of carboxylic acid groups (broad SMARTS) is 1. The lowest BCUT2D eigenvalue weighted by atomic mass is 10.0. The predicted molar refractivity (Wildman–Crippen MR) is 76.9 cm³/mol. The molecule has 0 aliphatic rings. The third kappa shape index (κ3) is 3.76. The second-order valence-corrected chi connectivity index (χ2v) is 6.21. The lowest BCUT2D eigenvalue weighted by Crippen LogP contribution is -2.24. The third-order valence-electron chi connectivity index (χ3n) is 3.08. The van der Waals surface area contributed by atoms with Gasteiger partial charge in [0.1, 0.15) is 15.5 Å². The van der Waals surface area contributed by atoms with E-state index in [1.165, 1.54) is 11.3 Å². The summed E-state index contributed by atoms with van der Waals surface area (Å²) in [5.41, 5.74) is 0.195. The molecular weight excluding hydrogens is 262 g/mol. The highest BCUT2D eigenvalue weighted by molar-refractivity contribution is 7.13. The molecule has 1 heterocycles. The second-order valence-electron chi connectivity index (χ2n) is 5.22. The molecule has 1 unspecified atom stereocenters. The quantitative estimate of drug-likeness (QED) is 0.829. The van der Waals surface area contributed by atoms with E-state index in [2.05, 4.69) is 18.8 Å². The Morgan fingerprint density at radius 1 is 1.47 bits per heavy atom. The predicted octanol–water partition coefficient (Wildman–Crippen LogP) is 3.70. The molecule has 1 aromatic heterocycles. The van der Waals surface area contributed by atoms with Crippen LogP contribution in [-0.2, 0) is 16.8 Å². The molecule has 0 aromatic carbocycles. The summed E-state index contributed by atoms with van der Waals surface area (Å²) < 4.78 is 5.77. The Morgan fingerprint density at radius 3 is 2.53 bits per heavy atom. The number of rotatable bonds is 7. The van der Waals surface area contributed by atoms with E-state index in [1.54, 1.807) is 0 Å². The maximum Gasteiger partial charge on any atom is 0.347 e. The first-order valence-corrected chi connectivity index (χ1v) is 7.53. The summed E-state index contributed by atoms with van der Waals surface area (Å²) in [7, 11) is 0. The van der Waals surface area contributed by atoms with E-state index in [9.17, 15) is 9.90 Å². The van der Waals surface area contributed by atoms with Crippen molar-refractivity contribution in [2.45, 2.75) is 53.1 Å². The van der Waals surface area contributed by atoms with Gasteiger partial charge < -0.3 is 9.84 Å². The summed E-state index contributed by atoms with van der Waals surface area (Å²) in [4.78, 5) is 16.2. The minimum absolute atomic E-state index is 0.350. The van der Waals surface area contributed by atoms with E-state index in [0.717, 1.165) is 11.4 Å². The average Bonchev–Trinajstić information content (AvgIpc) is 2.73. The van der Waals surface area contributed by atoms with E-state index in [4.69, 9.17) is 4.74 Å². The van der Waals surface area contributed by atoms with Gasteiger partial charge in [0.25, 0.3) is 0 Å². The summed E-state index contributed by atoms with van der Waals surface area (Å²) in [6, 6.07) is 0. The smallest absolute Gasteiger partial charge is 0.347 e. The first kappa shape index (κ1) is 16.1. The zero-order valence-corrected chi connectivity index (χ0v) is 13.1. The summed E-state index contributed by atoms with van der Waals surface area (Å²) in [5, 5.41) is 10.1. The van der Waals surface area contributed by atoms with Crippen LogP contribution in [0.25, 0.3) is 0 Å². The van der Waals surface area contributed by atoms with Gasteiger partial charge in [0, 0.05) is 6.61 Å². The fraction of sp³-hybridized carbons (Fsp3) is 0.714. The van der Waals surface area contributed by atoms with Gasteiger partial charge in [0.15, 0.2) is 0 Å². The standard InChI is InChI=1S/C14H23NO3S/c1-6-14(5,18-7-2)13-15-10(8-9(3)4)11(19-13)12(16)17/h9H,6-8H2,1-5H3,(H,16,17). The molecule has 5 heteroatoms. The molecule has 108 valence electrons. The summed E-state index contributed by atoms with van der Waals surface area (Å²) in [6.45, 7) is 10.7. The highest BCUT2D eigenvalue weighted by Crippen LogP contribution is 2.34. The van der Waals surface area contributed by atoms with Crippen LogP contribution in [-0.4, -0.2) is 22.7 Å². The van der Waals surface area contributed by atoms with Crippen molar-refractivity contribution in [1.29, 1.82) is 0 Å². The average molecular weight is 285 g/mol. The molecule has 1 atom stereocenters. The molecule has 1 aromatic rings. The van der Waals surface area contributed by atoms with Crippen LogP contribution in [0.15, 0.2) is 0 Å². The largest absolute Gasteiger partial charge is 0.477 e. The zero-order valence-electron chi connectivity index (χ0n) is 12.3. The molecule has 19 heavy (non-hydrogen) atoms. The van der Waals surface area contributed by atoms with Crippen LogP contribution in [0.2, 0.25) is 0 Å². The summed E-state index contributed by atoms with van der Waals surface area (Å²) in [5.74, 6) is -0.512. The zero-order chi connectivity index (χ0) is 14.6. The Bertz CT molecular complexity index is 442. The van der Waals surface area contributed by atoms with Gasteiger partial charge >= 0.3 is 5.97 Å². The number of aromatic carboxylic acids is 1. The topological polar surface area (TPSA) is 59.4 Å². The van der Waals surface area contributed by atoms with Gasteiger partial charge in [-0.1, -0.05) is 20.8 Å². The number of ether oxygens (including phenoxy) is 1. The molecule has 1 N–H and O–H groups in total. The van der Waals surface area contributed by atoms with Crippen LogP contribution in [0.1, 0.15) is 61.4 Å². The van der Waals surface area contributed by atoms with Crippen LogP contribution in [0.5, 0.6) is 0 Å². The Kier molecular flexibility index (Phi) is 5.50. The molecule has 0 aliphatic carbocycles. The normalized spacial score (nSPS) is 14.6. The molecule has 0 saturated carbocycles. The maximum atomic E-state index is 11.3. The minimum atomic E-state index is -0.894. The Hall–Kier alpha value is -0.940. The highest BCUT2D eigenvalue weighted by Gasteiger charge is 2.31.